The summed E-state index contributed by atoms with van der Waals surface area (Å²) in [4.78, 5) is 24.1. The van der Waals surface area contributed by atoms with E-state index in [4.69, 9.17) is 4.74 Å². The van der Waals surface area contributed by atoms with Crippen molar-refractivity contribution in [3.63, 3.8) is 0 Å². The van der Waals surface area contributed by atoms with Crippen molar-refractivity contribution in [1.82, 2.24) is 14.9 Å². The number of benzene rings is 1. The van der Waals surface area contributed by atoms with E-state index in [-0.39, 0.29) is 30.3 Å². The number of rotatable bonds is 13. The minimum Gasteiger partial charge on any atom is -0.493 e. The van der Waals surface area contributed by atoms with Crippen molar-refractivity contribution in [3.05, 3.63) is 29.8 Å². The van der Waals surface area contributed by atoms with Crippen LogP contribution in [0.5, 0.6) is 5.75 Å². The molecule has 2 aliphatic rings. The number of imide groups is 1. The molecule has 1 aromatic rings. The van der Waals surface area contributed by atoms with Crippen LogP contribution in [0.25, 0.3) is 0 Å². The van der Waals surface area contributed by atoms with Gasteiger partial charge in [0.05, 0.1) is 12.4 Å². The number of nitrogens with zero attached hydrogens (tertiary/aromatic N) is 1. The van der Waals surface area contributed by atoms with E-state index in [1.807, 2.05) is 31.2 Å². The third-order valence-corrected chi connectivity index (χ3v) is 6.85. The highest BCUT2D eigenvalue weighted by Gasteiger charge is 2.26. The van der Waals surface area contributed by atoms with Crippen LogP contribution in [-0.2, 0) is 14.8 Å². The molecule has 0 aromatic heterocycles. The second-order valence-electron chi connectivity index (χ2n) is 8.06. The molecule has 3 amide bonds. The molecule has 1 aliphatic carbocycles. The molecule has 0 radical (unpaired) electrons. The van der Waals surface area contributed by atoms with Crippen LogP contribution in [-0.4, -0.2) is 50.7 Å². The van der Waals surface area contributed by atoms with Gasteiger partial charge in [-0.3, -0.25) is 10.1 Å². The minimum atomic E-state index is -3.43. The van der Waals surface area contributed by atoms with Crippen LogP contribution < -0.4 is 14.8 Å². The maximum absolute atomic E-state index is 12.5. The molecule has 1 aromatic carbocycles. The lowest BCUT2D eigenvalue weighted by Gasteiger charge is -2.19. The fourth-order valence-corrected chi connectivity index (χ4v) is 4.86. The Hall–Kier alpha value is -2.13. The van der Waals surface area contributed by atoms with Crippen LogP contribution in [0.4, 0.5) is 4.79 Å². The van der Waals surface area contributed by atoms with Gasteiger partial charge in [0, 0.05) is 12.6 Å². The lowest BCUT2D eigenvalue weighted by Crippen LogP contribution is -2.31. The summed E-state index contributed by atoms with van der Waals surface area (Å²) in [5, 5.41) is 2.23. The zero-order valence-corrected chi connectivity index (χ0v) is 18.2. The summed E-state index contributed by atoms with van der Waals surface area (Å²) in [5.74, 6) is 1.18. The lowest BCUT2D eigenvalue weighted by atomic mass is 10.1. The van der Waals surface area contributed by atoms with Crippen LogP contribution in [0.1, 0.15) is 57.1 Å². The second kappa shape index (κ2) is 10.3. The second-order valence-corrected chi connectivity index (χ2v) is 9.93. The number of amides is 3. The molecule has 1 unspecified atom stereocenters. The summed E-state index contributed by atoms with van der Waals surface area (Å²) in [5.41, 5.74) is 0.902. The number of urea groups is 1. The smallest absolute Gasteiger partial charge is 0.324 e. The lowest BCUT2D eigenvalue weighted by molar-refractivity contribution is -0.118. The van der Waals surface area contributed by atoms with Gasteiger partial charge in [-0.2, -0.15) is 0 Å². The number of hydrogen-bond acceptors (Lipinski definition) is 5. The molecule has 1 saturated heterocycles. The van der Waals surface area contributed by atoms with E-state index in [9.17, 15) is 18.0 Å². The van der Waals surface area contributed by atoms with Gasteiger partial charge in [-0.25, -0.2) is 17.9 Å². The van der Waals surface area contributed by atoms with Crippen LogP contribution in [0.2, 0.25) is 0 Å². The van der Waals surface area contributed by atoms with E-state index in [0.717, 1.165) is 17.9 Å². The van der Waals surface area contributed by atoms with Gasteiger partial charge in [-0.05, 0) is 55.7 Å². The Morgan fingerprint density at radius 1 is 1.23 bits per heavy atom. The first kappa shape index (κ1) is 22.6. The van der Waals surface area contributed by atoms with Crippen LogP contribution in [0.15, 0.2) is 24.3 Å². The Morgan fingerprint density at radius 3 is 2.70 bits per heavy atom. The first-order valence-corrected chi connectivity index (χ1v) is 12.3. The van der Waals surface area contributed by atoms with E-state index in [2.05, 4.69) is 10.0 Å². The summed E-state index contributed by atoms with van der Waals surface area (Å²) < 4.78 is 33.7. The number of nitrogens with one attached hydrogen (secondary N) is 2. The van der Waals surface area contributed by atoms with Gasteiger partial charge in [0.25, 0.3) is 0 Å². The van der Waals surface area contributed by atoms with Crippen molar-refractivity contribution < 1.29 is 22.7 Å². The number of carbonyl (C=O) groups excluding carboxylic acids is 2. The molecule has 2 N–H and O–H groups in total. The predicted molar refractivity (Wildman–Crippen MR) is 114 cm³/mol. The molecule has 0 bridgehead atoms. The summed E-state index contributed by atoms with van der Waals surface area (Å²) in [6.45, 7) is 3.21. The number of unbranched alkanes of at least 4 members (excludes halogenated alkanes) is 2. The number of hydrogen-bond donors (Lipinski definition) is 2. The maximum Gasteiger partial charge on any atom is 0.324 e. The van der Waals surface area contributed by atoms with Gasteiger partial charge in [0.2, 0.25) is 15.9 Å². The molecule has 9 heteroatoms. The average Bonchev–Trinajstić information content (AvgIpc) is 3.48. The van der Waals surface area contributed by atoms with Crippen molar-refractivity contribution in [2.45, 2.75) is 51.5 Å². The van der Waals surface area contributed by atoms with Crippen LogP contribution in [0, 0.1) is 5.92 Å². The standard InChI is InChI=1S/C21H31N3O5S/c1-2-19(17-7-6-8-18(13-17)29-15-16-9-10-16)23-30(27,28)12-5-3-4-11-24-14-20(25)22-21(24)26/h6-8,13,16,19,23H,2-5,9-12,14-15H2,1H3,(H,22,25,26). The van der Waals surface area contributed by atoms with Gasteiger partial charge in [-0.15, -0.1) is 0 Å². The molecule has 8 nitrogen and oxygen atoms in total. The fourth-order valence-electron chi connectivity index (χ4n) is 3.42. The predicted octanol–water partition coefficient (Wildman–Crippen LogP) is 2.57. The van der Waals surface area contributed by atoms with Crippen molar-refractivity contribution in [3.8, 4) is 5.75 Å². The molecule has 1 saturated carbocycles. The molecule has 2 fully saturated rings. The highest BCUT2D eigenvalue weighted by atomic mass is 32.2. The number of sulfonamides is 1. The third kappa shape index (κ3) is 6.98. The van der Waals surface area contributed by atoms with Crippen molar-refractivity contribution in [2.75, 3.05) is 25.4 Å². The van der Waals surface area contributed by atoms with E-state index in [1.165, 1.54) is 17.7 Å². The number of carbonyl (C=O) groups is 2. The maximum atomic E-state index is 12.5. The van der Waals surface area contributed by atoms with E-state index in [0.29, 0.717) is 38.1 Å². The first-order valence-electron chi connectivity index (χ1n) is 10.7. The Labute approximate surface area is 178 Å². The van der Waals surface area contributed by atoms with E-state index >= 15 is 0 Å². The van der Waals surface area contributed by atoms with E-state index < -0.39 is 10.0 Å². The summed E-state index contributed by atoms with van der Waals surface area (Å²) in [6.07, 6.45) is 4.91. The molecule has 1 atom stereocenters. The molecular weight excluding hydrogens is 406 g/mol. The molecular formula is C21H31N3O5S. The monoisotopic (exact) mass is 437 g/mol. The average molecular weight is 438 g/mol. The first-order chi connectivity index (χ1) is 14.4. The number of ether oxygens (including phenoxy) is 1. The Balaban J connectivity index is 1.43. The molecule has 1 aliphatic heterocycles. The van der Waals surface area contributed by atoms with Crippen LogP contribution in [0.3, 0.4) is 0 Å². The molecule has 1 heterocycles. The Morgan fingerprint density at radius 2 is 2.03 bits per heavy atom. The fraction of sp³-hybridized carbons (Fsp3) is 0.619. The molecule has 30 heavy (non-hydrogen) atoms. The SMILES string of the molecule is CCC(NS(=O)(=O)CCCCCN1CC(=O)NC1=O)c1cccc(OCC2CC2)c1. The molecule has 3 rings (SSSR count). The van der Waals surface area contributed by atoms with Gasteiger partial charge in [0.1, 0.15) is 12.3 Å². The van der Waals surface area contributed by atoms with Gasteiger partial charge < -0.3 is 9.64 Å². The largest absolute Gasteiger partial charge is 0.493 e. The Kier molecular flexibility index (Phi) is 7.71. The highest BCUT2D eigenvalue weighted by Crippen LogP contribution is 2.30. The zero-order valence-electron chi connectivity index (χ0n) is 17.4. The summed E-state index contributed by atoms with van der Waals surface area (Å²) in [6, 6.07) is 6.97. The van der Waals surface area contributed by atoms with Crippen LogP contribution >= 0.6 is 0 Å². The van der Waals surface area contributed by atoms with Gasteiger partial charge in [-0.1, -0.05) is 25.5 Å². The van der Waals surface area contributed by atoms with E-state index in [1.54, 1.807) is 0 Å². The quantitative estimate of drug-likeness (QED) is 0.365. The highest BCUT2D eigenvalue weighted by molar-refractivity contribution is 7.89. The Bertz CT molecular complexity index is 854. The van der Waals surface area contributed by atoms with Gasteiger partial charge in [0.15, 0.2) is 0 Å². The summed E-state index contributed by atoms with van der Waals surface area (Å²) >= 11 is 0. The van der Waals surface area contributed by atoms with Crippen molar-refractivity contribution in [2.24, 2.45) is 5.92 Å². The molecule has 0 spiro atoms. The normalized spacial score (nSPS) is 17.8. The topological polar surface area (TPSA) is 105 Å². The van der Waals surface area contributed by atoms with Gasteiger partial charge >= 0.3 is 6.03 Å². The third-order valence-electron chi connectivity index (χ3n) is 5.38. The zero-order chi connectivity index (χ0) is 21.6. The minimum absolute atomic E-state index is 0.0342. The summed E-state index contributed by atoms with van der Waals surface area (Å²) in [7, 11) is -3.43. The van der Waals surface area contributed by atoms with Crippen molar-refractivity contribution >= 4 is 22.0 Å². The molecule has 166 valence electrons. The van der Waals surface area contributed by atoms with Crippen molar-refractivity contribution in [1.29, 1.82) is 0 Å².